The zero-order chi connectivity index (χ0) is 27.7. The van der Waals surface area contributed by atoms with Crippen LogP contribution < -0.4 is 5.73 Å². The summed E-state index contributed by atoms with van der Waals surface area (Å²) in [6, 6.07) is 11.0. The Kier molecular flexibility index (Phi) is 8.10. The summed E-state index contributed by atoms with van der Waals surface area (Å²) in [4.78, 5) is 32.6. The Bertz CT molecular complexity index is 1360. The minimum atomic E-state index is -0.623. The molecule has 0 unspecified atom stereocenters. The van der Waals surface area contributed by atoms with Gasteiger partial charge in [0.2, 0.25) is 0 Å². The molecule has 2 aliphatic rings. The lowest BCUT2D eigenvalue weighted by molar-refractivity contribution is -0.147. The van der Waals surface area contributed by atoms with Gasteiger partial charge in [0.15, 0.2) is 0 Å². The number of aliphatic hydroxyl groups is 1. The van der Waals surface area contributed by atoms with Crippen LogP contribution in [0.3, 0.4) is 0 Å². The van der Waals surface area contributed by atoms with E-state index in [1.165, 1.54) is 0 Å². The van der Waals surface area contributed by atoms with Gasteiger partial charge in [-0.15, -0.1) is 11.3 Å². The third-order valence-corrected chi connectivity index (χ3v) is 9.08. The van der Waals surface area contributed by atoms with Gasteiger partial charge in [0.1, 0.15) is 12.6 Å². The number of carbonyl (C=O) groups is 2. The quantitative estimate of drug-likeness (QED) is 0.358. The van der Waals surface area contributed by atoms with E-state index in [1.54, 1.807) is 28.5 Å². The number of ether oxygens (including phenoxy) is 1. The van der Waals surface area contributed by atoms with Gasteiger partial charge in [0.25, 0.3) is 5.91 Å². The topological polar surface area (TPSA) is 106 Å². The first-order valence-corrected chi connectivity index (χ1v) is 14.7. The largest absolute Gasteiger partial charge is 0.464 e. The number of nitrogens with zero attached hydrogens (tertiary/aromatic N) is 2. The standard InChI is InChI=1S/C30H34ClN3O4S/c1-18(2)27(32)29(37)38-17-30(8-9-30)26-15-19(5-10-33-26)21-14-25(39-16-21)23-4-3-20(13-24(23)31)28(36)34-11-6-22(35)7-12-34/h3-5,10,13-16,18,22,27,35H,6-9,11-12,17,32H2,1-2H3/t27-/m0/s1. The maximum atomic E-state index is 12.9. The number of halogens is 1. The molecular weight excluding hydrogens is 534 g/mol. The van der Waals surface area contributed by atoms with Crippen molar-refractivity contribution in [2.45, 2.75) is 57.1 Å². The van der Waals surface area contributed by atoms with Gasteiger partial charge in [-0.25, -0.2) is 0 Å². The second kappa shape index (κ2) is 11.4. The average molecular weight is 568 g/mol. The fourth-order valence-electron chi connectivity index (χ4n) is 4.83. The number of hydrogen-bond donors (Lipinski definition) is 2. The van der Waals surface area contributed by atoms with E-state index < -0.39 is 6.04 Å². The van der Waals surface area contributed by atoms with Crippen LogP contribution in [0.2, 0.25) is 5.02 Å². The minimum absolute atomic E-state index is 0.0248. The number of piperidine rings is 1. The summed E-state index contributed by atoms with van der Waals surface area (Å²) in [5.41, 5.74) is 10.1. The molecule has 206 valence electrons. The molecule has 3 heterocycles. The number of benzene rings is 1. The fourth-order valence-corrected chi connectivity index (χ4v) is 6.13. The van der Waals surface area contributed by atoms with Crippen molar-refractivity contribution in [3.8, 4) is 21.6 Å². The number of carbonyl (C=O) groups excluding carboxylic acids is 2. The highest BCUT2D eigenvalue weighted by Gasteiger charge is 2.47. The van der Waals surface area contributed by atoms with Gasteiger partial charge in [-0.05, 0) is 78.4 Å². The van der Waals surface area contributed by atoms with Crippen LogP contribution in [0, 0.1) is 5.92 Å². The summed E-state index contributed by atoms with van der Waals surface area (Å²) >= 11 is 8.25. The number of rotatable bonds is 8. The maximum Gasteiger partial charge on any atom is 0.323 e. The zero-order valence-electron chi connectivity index (χ0n) is 22.2. The summed E-state index contributed by atoms with van der Waals surface area (Å²) in [5, 5.41) is 12.3. The first-order valence-electron chi connectivity index (χ1n) is 13.4. The van der Waals surface area contributed by atoms with E-state index >= 15 is 0 Å². The van der Waals surface area contributed by atoms with Crippen molar-refractivity contribution in [1.82, 2.24) is 9.88 Å². The molecule has 39 heavy (non-hydrogen) atoms. The number of aromatic nitrogens is 1. The molecule has 0 bridgehead atoms. The van der Waals surface area contributed by atoms with Crippen LogP contribution >= 0.6 is 22.9 Å². The molecule has 1 saturated heterocycles. The highest BCUT2D eigenvalue weighted by Crippen LogP contribution is 2.48. The van der Waals surface area contributed by atoms with Gasteiger partial charge in [0, 0.05) is 40.7 Å². The molecule has 1 aliphatic carbocycles. The van der Waals surface area contributed by atoms with Crippen LogP contribution in [0.1, 0.15) is 55.6 Å². The number of likely N-dealkylation sites (tertiary alicyclic amines) is 1. The number of pyridine rings is 1. The summed E-state index contributed by atoms with van der Waals surface area (Å²) in [7, 11) is 0. The molecule has 7 nitrogen and oxygen atoms in total. The van der Waals surface area contributed by atoms with Gasteiger partial charge in [-0.1, -0.05) is 31.5 Å². The zero-order valence-corrected chi connectivity index (χ0v) is 23.8. The Hall–Kier alpha value is -2.78. The molecule has 3 N–H and O–H groups in total. The second-order valence-corrected chi connectivity index (χ2v) is 12.3. The van der Waals surface area contributed by atoms with Crippen molar-refractivity contribution < 1.29 is 19.4 Å². The first kappa shape index (κ1) is 27.8. The molecule has 1 aromatic carbocycles. The lowest BCUT2D eigenvalue weighted by atomic mass is 9.99. The van der Waals surface area contributed by atoms with Crippen LogP contribution in [-0.2, 0) is 14.9 Å². The van der Waals surface area contributed by atoms with E-state index in [2.05, 4.69) is 22.5 Å². The Morgan fingerprint density at radius 3 is 2.59 bits per heavy atom. The Labute approximate surface area is 238 Å². The number of nitrogens with two attached hydrogens (primary N) is 1. The highest BCUT2D eigenvalue weighted by molar-refractivity contribution is 7.14. The predicted octanol–water partition coefficient (Wildman–Crippen LogP) is 5.29. The highest BCUT2D eigenvalue weighted by atomic mass is 35.5. The smallest absolute Gasteiger partial charge is 0.323 e. The van der Waals surface area contributed by atoms with E-state index in [0.717, 1.165) is 40.1 Å². The van der Waals surface area contributed by atoms with E-state index in [-0.39, 0.29) is 35.9 Å². The van der Waals surface area contributed by atoms with Crippen LogP contribution in [-0.4, -0.2) is 58.7 Å². The molecule has 9 heteroatoms. The van der Waals surface area contributed by atoms with Gasteiger partial charge < -0.3 is 20.5 Å². The van der Waals surface area contributed by atoms with Crippen molar-refractivity contribution in [3.05, 3.63) is 64.3 Å². The molecule has 0 spiro atoms. The van der Waals surface area contributed by atoms with E-state index in [1.807, 2.05) is 32.0 Å². The lowest BCUT2D eigenvalue weighted by Gasteiger charge is -2.29. The summed E-state index contributed by atoms with van der Waals surface area (Å²) in [6.45, 7) is 5.20. The number of amides is 1. The maximum absolute atomic E-state index is 12.9. The molecule has 0 radical (unpaired) electrons. The third kappa shape index (κ3) is 6.04. The molecular formula is C30H34ClN3O4S. The number of hydrogen-bond acceptors (Lipinski definition) is 7. The van der Waals surface area contributed by atoms with Crippen molar-refractivity contribution in [1.29, 1.82) is 0 Å². The molecule has 2 aromatic heterocycles. The van der Waals surface area contributed by atoms with Crippen LogP contribution in [0.15, 0.2) is 48.0 Å². The molecule has 3 aromatic rings. The fraction of sp³-hybridized carbons (Fsp3) is 0.433. The molecule has 5 rings (SSSR count). The Morgan fingerprint density at radius 1 is 1.18 bits per heavy atom. The van der Waals surface area contributed by atoms with Gasteiger partial charge in [-0.2, -0.15) is 0 Å². The molecule has 2 fully saturated rings. The lowest BCUT2D eigenvalue weighted by Crippen LogP contribution is -2.40. The van der Waals surface area contributed by atoms with Crippen LogP contribution in [0.25, 0.3) is 21.6 Å². The van der Waals surface area contributed by atoms with Crippen molar-refractivity contribution >= 4 is 34.8 Å². The van der Waals surface area contributed by atoms with Gasteiger partial charge in [-0.3, -0.25) is 14.6 Å². The number of esters is 1. The molecule has 1 saturated carbocycles. The molecule has 1 aliphatic heterocycles. The second-order valence-electron chi connectivity index (χ2n) is 11.0. The van der Waals surface area contributed by atoms with E-state index in [0.29, 0.717) is 36.5 Å². The third-order valence-electron chi connectivity index (χ3n) is 7.80. The number of aliphatic hydroxyl groups excluding tert-OH is 1. The van der Waals surface area contributed by atoms with Crippen LogP contribution in [0.5, 0.6) is 0 Å². The van der Waals surface area contributed by atoms with Crippen LogP contribution in [0.4, 0.5) is 0 Å². The van der Waals surface area contributed by atoms with E-state index in [9.17, 15) is 14.7 Å². The monoisotopic (exact) mass is 567 g/mol. The summed E-state index contributed by atoms with van der Waals surface area (Å²) in [6.07, 6.45) is 4.51. The predicted molar refractivity (Wildman–Crippen MR) is 154 cm³/mol. The van der Waals surface area contributed by atoms with Crippen molar-refractivity contribution in [2.24, 2.45) is 11.7 Å². The van der Waals surface area contributed by atoms with Crippen molar-refractivity contribution in [3.63, 3.8) is 0 Å². The Balaban J connectivity index is 1.29. The van der Waals surface area contributed by atoms with E-state index in [4.69, 9.17) is 22.1 Å². The molecule has 1 amide bonds. The average Bonchev–Trinajstić information content (AvgIpc) is 3.58. The van der Waals surface area contributed by atoms with Gasteiger partial charge in [0.05, 0.1) is 16.8 Å². The minimum Gasteiger partial charge on any atom is -0.464 e. The normalized spacial score (nSPS) is 17.7. The van der Waals surface area contributed by atoms with Crippen molar-refractivity contribution in [2.75, 3.05) is 19.7 Å². The summed E-state index contributed by atoms with van der Waals surface area (Å²) in [5.74, 6) is -0.400. The first-order chi connectivity index (χ1) is 18.7. The summed E-state index contributed by atoms with van der Waals surface area (Å²) < 4.78 is 5.58. The van der Waals surface area contributed by atoms with Gasteiger partial charge >= 0.3 is 5.97 Å². The SMILES string of the molecule is CC(C)[C@H](N)C(=O)OCC1(c2cc(-c3csc(-c4ccc(C(=O)N5CCC(O)CC5)cc4Cl)c3)ccn2)CC1. The molecule has 1 atom stereocenters. The number of thiophene rings is 1. The Morgan fingerprint density at radius 2 is 1.92 bits per heavy atom.